The van der Waals surface area contributed by atoms with Crippen LogP contribution in [0.25, 0.3) is 11.7 Å². The van der Waals surface area contributed by atoms with E-state index in [0.717, 1.165) is 37.3 Å². The molecule has 2 aliphatic rings. The van der Waals surface area contributed by atoms with Gasteiger partial charge in [0.25, 0.3) is 11.5 Å². The molecule has 5 rings (SSSR count). The van der Waals surface area contributed by atoms with Crippen LogP contribution in [0.2, 0.25) is 0 Å². The molecule has 2 aliphatic heterocycles. The van der Waals surface area contributed by atoms with E-state index in [0.29, 0.717) is 26.3 Å². The number of benzene rings is 1. The Morgan fingerprint density at radius 1 is 1.06 bits per heavy atom. The summed E-state index contributed by atoms with van der Waals surface area (Å²) in [6.07, 6.45) is 3.42. The second-order valence-electron chi connectivity index (χ2n) is 8.97. The van der Waals surface area contributed by atoms with Gasteiger partial charge in [-0.05, 0) is 44.2 Å². The Morgan fingerprint density at radius 3 is 2.49 bits per heavy atom. The van der Waals surface area contributed by atoms with Crippen LogP contribution in [0.4, 0.5) is 5.82 Å². The molecule has 2 saturated heterocycles. The van der Waals surface area contributed by atoms with E-state index in [1.54, 1.807) is 21.6 Å². The zero-order valence-electron chi connectivity index (χ0n) is 20.0. The van der Waals surface area contributed by atoms with Crippen molar-refractivity contribution in [2.75, 3.05) is 38.1 Å². The van der Waals surface area contributed by atoms with Gasteiger partial charge in [0, 0.05) is 32.4 Å². The van der Waals surface area contributed by atoms with Crippen LogP contribution in [-0.4, -0.2) is 62.6 Å². The number of likely N-dealkylation sites (N-methyl/N-ethyl adjacent to an activating group) is 1. The molecule has 2 fully saturated rings. The first-order chi connectivity index (χ1) is 16.8. The van der Waals surface area contributed by atoms with Crippen molar-refractivity contribution in [2.24, 2.45) is 0 Å². The second-order valence-corrected chi connectivity index (χ2v) is 10.6. The van der Waals surface area contributed by atoms with E-state index in [1.165, 1.54) is 11.8 Å². The molecule has 180 valence electrons. The smallest absolute Gasteiger partial charge is 0.267 e. The van der Waals surface area contributed by atoms with Crippen molar-refractivity contribution in [1.82, 2.24) is 19.2 Å². The van der Waals surface area contributed by atoms with E-state index in [-0.39, 0.29) is 17.5 Å². The number of fused-ring (bicyclic) bond motifs is 1. The molecule has 1 atom stereocenters. The van der Waals surface area contributed by atoms with Crippen LogP contribution >= 0.6 is 24.0 Å². The number of hydrogen-bond acceptors (Lipinski definition) is 7. The molecule has 4 heterocycles. The fourth-order valence-corrected chi connectivity index (χ4v) is 5.91. The van der Waals surface area contributed by atoms with Crippen molar-refractivity contribution >= 4 is 51.7 Å². The number of carbonyl (C=O) groups excluding carboxylic acids is 1. The average molecular weight is 506 g/mol. The Hall–Kier alpha value is -3.01. The van der Waals surface area contributed by atoms with Crippen LogP contribution in [0.3, 0.4) is 0 Å². The molecule has 0 spiro atoms. The van der Waals surface area contributed by atoms with Gasteiger partial charge in [0.15, 0.2) is 0 Å². The van der Waals surface area contributed by atoms with E-state index in [9.17, 15) is 9.59 Å². The molecule has 0 unspecified atom stereocenters. The third kappa shape index (κ3) is 4.39. The van der Waals surface area contributed by atoms with Gasteiger partial charge in [-0.15, -0.1) is 0 Å². The van der Waals surface area contributed by atoms with Gasteiger partial charge < -0.3 is 9.80 Å². The largest absolute Gasteiger partial charge is 0.353 e. The maximum Gasteiger partial charge on any atom is 0.267 e. The van der Waals surface area contributed by atoms with Gasteiger partial charge in [0.1, 0.15) is 15.8 Å². The molecular formula is C26H27N5O2S2. The molecule has 0 radical (unpaired) electrons. The van der Waals surface area contributed by atoms with Crippen molar-refractivity contribution in [2.45, 2.75) is 19.9 Å². The Bertz CT molecular complexity index is 1390. The molecular weight excluding hydrogens is 478 g/mol. The molecule has 1 aromatic carbocycles. The van der Waals surface area contributed by atoms with E-state index >= 15 is 0 Å². The minimum atomic E-state index is -0.204. The lowest BCUT2D eigenvalue weighted by molar-refractivity contribution is -0.123. The molecule has 0 N–H and O–H groups in total. The lowest BCUT2D eigenvalue weighted by Crippen LogP contribution is -2.45. The van der Waals surface area contributed by atoms with Crippen molar-refractivity contribution in [3.63, 3.8) is 0 Å². The van der Waals surface area contributed by atoms with Crippen LogP contribution in [0.15, 0.2) is 58.4 Å². The van der Waals surface area contributed by atoms with Gasteiger partial charge in [0.2, 0.25) is 0 Å². The second kappa shape index (κ2) is 9.56. The summed E-state index contributed by atoms with van der Waals surface area (Å²) in [5.74, 6) is 0.438. The lowest BCUT2D eigenvalue weighted by Gasteiger charge is -2.34. The van der Waals surface area contributed by atoms with Gasteiger partial charge >= 0.3 is 0 Å². The van der Waals surface area contributed by atoms with Gasteiger partial charge in [-0.2, -0.15) is 0 Å². The summed E-state index contributed by atoms with van der Waals surface area (Å²) in [4.78, 5) is 38.6. The molecule has 0 bridgehead atoms. The quantitative estimate of drug-likeness (QED) is 0.396. The zero-order valence-corrected chi connectivity index (χ0v) is 21.6. The van der Waals surface area contributed by atoms with Crippen LogP contribution in [0.5, 0.6) is 0 Å². The minimum absolute atomic E-state index is 0.186. The highest BCUT2D eigenvalue weighted by molar-refractivity contribution is 8.26. The van der Waals surface area contributed by atoms with Crippen LogP contribution in [0.1, 0.15) is 29.7 Å². The third-order valence-electron chi connectivity index (χ3n) is 6.64. The number of aromatic nitrogens is 2. The summed E-state index contributed by atoms with van der Waals surface area (Å²) in [6, 6.07) is 13.4. The normalized spacial score (nSPS) is 19.2. The van der Waals surface area contributed by atoms with E-state index in [4.69, 9.17) is 17.2 Å². The van der Waals surface area contributed by atoms with Gasteiger partial charge in [-0.3, -0.25) is 18.9 Å². The fraction of sp³-hybridized carbons (Fsp3) is 0.308. The predicted octanol–water partition coefficient (Wildman–Crippen LogP) is 3.72. The molecule has 2 aromatic heterocycles. The highest BCUT2D eigenvalue weighted by Gasteiger charge is 2.36. The topological polar surface area (TPSA) is 61.2 Å². The minimum Gasteiger partial charge on any atom is -0.353 e. The summed E-state index contributed by atoms with van der Waals surface area (Å²) in [5.41, 5.74) is 2.80. The van der Waals surface area contributed by atoms with Crippen LogP contribution in [0, 0.1) is 6.92 Å². The zero-order chi connectivity index (χ0) is 24.7. The number of nitrogens with zero attached hydrogens (tertiary/aromatic N) is 5. The first kappa shape index (κ1) is 23.7. The summed E-state index contributed by atoms with van der Waals surface area (Å²) >= 11 is 6.84. The molecule has 35 heavy (non-hydrogen) atoms. The van der Waals surface area contributed by atoms with Crippen molar-refractivity contribution < 1.29 is 4.79 Å². The highest BCUT2D eigenvalue weighted by atomic mass is 32.2. The van der Waals surface area contributed by atoms with E-state index < -0.39 is 0 Å². The number of carbonyl (C=O) groups is 1. The maximum absolute atomic E-state index is 13.7. The number of anilines is 1. The van der Waals surface area contributed by atoms with Crippen LogP contribution < -0.4 is 10.5 Å². The molecule has 1 amide bonds. The SMILES string of the molecule is Cc1cccn2c(=O)c(/C=C3\SC(=S)N([C@H](C)c4ccccc4)C3=O)c(N3CCN(C)CC3)nc12. The number of aryl methyl sites for hydroxylation is 1. The summed E-state index contributed by atoms with van der Waals surface area (Å²) in [6.45, 7) is 7.20. The first-order valence-electron chi connectivity index (χ1n) is 11.6. The molecule has 0 saturated carbocycles. The highest BCUT2D eigenvalue weighted by Crippen LogP contribution is 2.38. The summed E-state index contributed by atoms with van der Waals surface area (Å²) in [7, 11) is 2.09. The predicted molar refractivity (Wildman–Crippen MR) is 146 cm³/mol. The summed E-state index contributed by atoms with van der Waals surface area (Å²) < 4.78 is 2.05. The number of amides is 1. The van der Waals surface area contributed by atoms with Gasteiger partial charge in [0.05, 0.1) is 16.5 Å². The lowest BCUT2D eigenvalue weighted by atomic mass is 10.1. The number of piperazine rings is 1. The summed E-state index contributed by atoms with van der Waals surface area (Å²) in [5, 5.41) is 0. The van der Waals surface area contributed by atoms with Crippen molar-refractivity contribution in [1.29, 1.82) is 0 Å². The third-order valence-corrected chi connectivity index (χ3v) is 7.97. The number of pyridine rings is 1. The van der Waals surface area contributed by atoms with Crippen LogP contribution in [-0.2, 0) is 4.79 Å². The Kier molecular flexibility index (Phi) is 6.48. The molecule has 3 aromatic rings. The Morgan fingerprint density at radius 2 is 1.77 bits per heavy atom. The first-order valence-corrected chi connectivity index (χ1v) is 12.8. The number of thioether (sulfide) groups is 1. The number of hydrogen-bond donors (Lipinski definition) is 0. The molecule has 0 aliphatic carbocycles. The van der Waals surface area contributed by atoms with E-state index in [2.05, 4.69) is 16.8 Å². The molecule has 7 nitrogen and oxygen atoms in total. The number of rotatable bonds is 4. The van der Waals surface area contributed by atoms with Gasteiger partial charge in [-0.25, -0.2) is 4.98 Å². The standard InChI is InChI=1S/C26H27N5O2S2/c1-17-8-7-11-30-22(17)27-23(29-14-12-28(3)13-15-29)20(24(30)32)16-21-25(33)31(26(34)35-21)18(2)19-9-5-4-6-10-19/h4-11,16,18H,12-15H2,1-3H3/b21-16-/t18-/m1/s1. The molecule has 9 heteroatoms. The van der Waals surface area contributed by atoms with Gasteiger partial charge in [-0.1, -0.05) is 60.4 Å². The van der Waals surface area contributed by atoms with Crippen molar-refractivity contribution in [3.05, 3.63) is 80.6 Å². The Labute approximate surface area is 214 Å². The number of thiocarbonyl (C=S) groups is 1. The average Bonchev–Trinajstić information content (AvgIpc) is 3.14. The Balaban J connectivity index is 1.60. The monoisotopic (exact) mass is 505 g/mol. The van der Waals surface area contributed by atoms with E-state index in [1.807, 2.05) is 56.3 Å². The fourth-order valence-electron chi connectivity index (χ4n) is 4.51. The van der Waals surface area contributed by atoms with Crippen molar-refractivity contribution in [3.8, 4) is 0 Å². The maximum atomic E-state index is 13.7.